The molecular formula is C17H13F4N3O3. The van der Waals surface area contributed by atoms with Gasteiger partial charge in [0.2, 0.25) is 12.2 Å². The summed E-state index contributed by atoms with van der Waals surface area (Å²) in [5, 5.41) is 2.15. The SMILES string of the molecule is O=CNC(C(=O)c1ccc(C(F)(F)F)cc1)n1ccc([C@@H]2C[C@H]2F)nc1=O. The van der Waals surface area contributed by atoms with Crippen LogP contribution in [-0.4, -0.2) is 27.9 Å². The third-order valence-electron chi connectivity index (χ3n) is 4.19. The molecule has 0 aliphatic heterocycles. The minimum atomic E-state index is -4.56. The fraction of sp³-hybridized carbons (Fsp3) is 0.294. The van der Waals surface area contributed by atoms with Crippen LogP contribution in [0.15, 0.2) is 41.3 Å². The molecule has 3 atom stereocenters. The molecule has 1 heterocycles. The van der Waals surface area contributed by atoms with E-state index in [1.165, 1.54) is 12.3 Å². The van der Waals surface area contributed by atoms with Gasteiger partial charge in [0.1, 0.15) is 6.17 Å². The van der Waals surface area contributed by atoms with Crippen molar-refractivity contribution in [3.8, 4) is 0 Å². The summed E-state index contributed by atoms with van der Waals surface area (Å²) in [5.74, 6) is -1.27. The lowest BCUT2D eigenvalue weighted by Gasteiger charge is -2.18. The molecule has 142 valence electrons. The van der Waals surface area contributed by atoms with Gasteiger partial charge >= 0.3 is 11.9 Å². The number of halogens is 4. The van der Waals surface area contributed by atoms with E-state index in [1.807, 2.05) is 0 Å². The Hall–Kier alpha value is -3.04. The summed E-state index contributed by atoms with van der Waals surface area (Å²) < 4.78 is 51.8. The Bertz CT molecular complexity index is 924. The fourth-order valence-corrected chi connectivity index (χ4v) is 2.63. The summed E-state index contributed by atoms with van der Waals surface area (Å²) in [4.78, 5) is 39.3. The zero-order chi connectivity index (χ0) is 19.8. The normalized spacial score (nSPS) is 20.0. The Morgan fingerprint density at radius 2 is 1.89 bits per heavy atom. The molecule has 1 aliphatic carbocycles. The Morgan fingerprint density at radius 3 is 2.37 bits per heavy atom. The molecule has 1 unspecified atom stereocenters. The number of hydrogen-bond donors (Lipinski definition) is 1. The number of carbonyl (C=O) groups is 2. The number of rotatable bonds is 6. The summed E-state index contributed by atoms with van der Waals surface area (Å²) >= 11 is 0. The molecule has 27 heavy (non-hydrogen) atoms. The number of aromatic nitrogens is 2. The summed E-state index contributed by atoms with van der Waals surface area (Å²) in [7, 11) is 0. The first kappa shape index (κ1) is 18.7. The lowest BCUT2D eigenvalue weighted by molar-refractivity contribution is -0.137. The van der Waals surface area contributed by atoms with Crippen molar-refractivity contribution in [3.63, 3.8) is 0 Å². The zero-order valence-corrected chi connectivity index (χ0v) is 13.6. The monoisotopic (exact) mass is 383 g/mol. The van der Waals surface area contributed by atoms with Gasteiger partial charge in [-0.3, -0.25) is 14.2 Å². The first-order chi connectivity index (χ1) is 12.7. The van der Waals surface area contributed by atoms with Gasteiger partial charge in [0.05, 0.1) is 11.3 Å². The van der Waals surface area contributed by atoms with Crippen LogP contribution < -0.4 is 11.0 Å². The minimum Gasteiger partial charge on any atom is -0.331 e. The van der Waals surface area contributed by atoms with Crippen molar-refractivity contribution < 1.29 is 27.2 Å². The topological polar surface area (TPSA) is 81.1 Å². The van der Waals surface area contributed by atoms with Crippen LogP contribution in [0.2, 0.25) is 0 Å². The van der Waals surface area contributed by atoms with Gasteiger partial charge in [-0.1, -0.05) is 12.1 Å². The van der Waals surface area contributed by atoms with E-state index in [-0.39, 0.29) is 24.1 Å². The number of ketones is 1. The zero-order valence-electron chi connectivity index (χ0n) is 13.6. The van der Waals surface area contributed by atoms with E-state index in [2.05, 4.69) is 10.3 Å². The lowest BCUT2D eigenvalue weighted by Crippen LogP contribution is -2.40. The molecule has 0 bridgehead atoms. The van der Waals surface area contributed by atoms with Crippen molar-refractivity contribution in [1.82, 2.24) is 14.9 Å². The number of Topliss-reactive ketones (excluding diaryl/α,β-unsaturated/α-hetero) is 1. The van der Waals surface area contributed by atoms with Gasteiger partial charge in [-0.25, -0.2) is 9.18 Å². The summed E-state index contributed by atoms with van der Waals surface area (Å²) in [6, 6.07) is 4.73. The lowest BCUT2D eigenvalue weighted by atomic mass is 10.1. The quantitative estimate of drug-likeness (QED) is 0.471. The molecule has 3 rings (SSSR count). The van der Waals surface area contributed by atoms with Crippen LogP contribution in [0.25, 0.3) is 0 Å². The second kappa shape index (κ2) is 6.93. The molecule has 1 amide bonds. The maximum absolute atomic E-state index is 13.1. The smallest absolute Gasteiger partial charge is 0.331 e. The second-order valence-corrected chi connectivity index (χ2v) is 6.03. The number of nitrogens with zero attached hydrogens (tertiary/aromatic N) is 2. The maximum Gasteiger partial charge on any atom is 0.416 e. The van der Waals surface area contributed by atoms with Crippen LogP contribution in [0.1, 0.15) is 40.1 Å². The van der Waals surface area contributed by atoms with Gasteiger partial charge in [-0.05, 0) is 24.6 Å². The molecule has 10 heteroatoms. The number of nitrogens with one attached hydrogen (secondary N) is 1. The molecule has 0 radical (unpaired) electrons. The first-order valence-electron chi connectivity index (χ1n) is 7.86. The van der Waals surface area contributed by atoms with Gasteiger partial charge in [0.15, 0.2) is 6.17 Å². The van der Waals surface area contributed by atoms with Crippen LogP contribution in [0.5, 0.6) is 0 Å². The maximum atomic E-state index is 13.1. The largest absolute Gasteiger partial charge is 0.416 e. The summed E-state index contributed by atoms with van der Waals surface area (Å²) in [6.45, 7) is 0. The molecule has 0 spiro atoms. The van der Waals surface area contributed by atoms with E-state index in [4.69, 9.17) is 0 Å². The Morgan fingerprint density at radius 1 is 1.26 bits per heavy atom. The number of amides is 1. The van der Waals surface area contributed by atoms with Crippen molar-refractivity contribution in [3.05, 3.63) is 63.8 Å². The van der Waals surface area contributed by atoms with E-state index in [9.17, 15) is 31.9 Å². The minimum absolute atomic E-state index is 0.135. The van der Waals surface area contributed by atoms with Gasteiger partial charge in [0.25, 0.3) is 0 Å². The predicted octanol–water partition coefficient (Wildman–Crippen LogP) is 2.21. The van der Waals surface area contributed by atoms with Crippen LogP contribution in [0.4, 0.5) is 17.6 Å². The number of benzene rings is 1. The van der Waals surface area contributed by atoms with E-state index in [0.29, 0.717) is 0 Å². The van der Waals surface area contributed by atoms with Crippen LogP contribution >= 0.6 is 0 Å². The van der Waals surface area contributed by atoms with Crippen LogP contribution in [0.3, 0.4) is 0 Å². The summed E-state index contributed by atoms with van der Waals surface area (Å²) in [5.41, 5.74) is -1.71. The standard InChI is InChI=1S/C17H13F4N3O3/c18-12-7-11(12)13-5-6-24(16(27)23-13)15(22-8-25)14(26)9-1-3-10(4-2-9)17(19,20)21/h1-6,8,11-12,15H,7H2,(H,22,25)/t11-,12-,15?/m1/s1. The Labute approximate surface area is 149 Å². The van der Waals surface area contributed by atoms with Crippen LogP contribution in [-0.2, 0) is 11.0 Å². The van der Waals surface area contributed by atoms with Gasteiger partial charge < -0.3 is 5.32 Å². The first-order valence-corrected chi connectivity index (χ1v) is 7.86. The number of alkyl halides is 4. The highest BCUT2D eigenvalue weighted by molar-refractivity contribution is 5.99. The van der Waals surface area contributed by atoms with E-state index in [1.54, 1.807) is 0 Å². The Balaban J connectivity index is 1.90. The molecule has 0 saturated heterocycles. The van der Waals surface area contributed by atoms with Gasteiger partial charge in [0, 0.05) is 17.7 Å². The number of carbonyl (C=O) groups excluding carboxylic acids is 2. The van der Waals surface area contributed by atoms with Crippen molar-refractivity contribution in [2.45, 2.75) is 30.9 Å². The van der Waals surface area contributed by atoms with E-state index >= 15 is 0 Å². The molecule has 6 nitrogen and oxygen atoms in total. The molecule has 2 aromatic rings. The molecule has 1 saturated carbocycles. The third-order valence-corrected chi connectivity index (χ3v) is 4.19. The highest BCUT2D eigenvalue weighted by atomic mass is 19.4. The number of hydrogen-bond acceptors (Lipinski definition) is 4. The average molecular weight is 383 g/mol. The Kier molecular flexibility index (Phi) is 4.81. The molecule has 1 aromatic carbocycles. The van der Waals surface area contributed by atoms with Crippen molar-refractivity contribution in [2.24, 2.45) is 0 Å². The van der Waals surface area contributed by atoms with E-state index in [0.717, 1.165) is 28.8 Å². The fourth-order valence-electron chi connectivity index (χ4n) is 2.63. The summed E-state index contributed by atoms with van der Waals surface area (Å²) in [6.07, 6.45) is -5.48. The van der Waals surface area contributed by atoms with Crippen molar-refractivity contribution in [2.75, 3.05) is 0 Å². The average Bonchev–Trinajstić information content (AvgIpc) is 3.35. The third kappa shape index (κ3) is 3.88. The molecule has 1 aliphatic rings. The highest BCUT2D eigenvalue weighted by Gasteiger charge is 2.40. The molecular weight excluding hydrogens is 370 g/mol. The van der Waals surface area contributed by atoms with E-state index < -0.39 is 41.5 Å². The van der Waals surface area contributed by atoms with Crippen LogP contribution in [0, 0.1) is 0 Å². The van der Waals surface area contributed by atoms with Crippen molar-refractivity contribution in [1.29, 1.82) is 0 Å². The molecule has 1 fully saturated rings. The highest BCUT2D eigenvalue weighted by Crippen LogP contribution is 2.42. The molecule has 1 N–H and O–H groups in total. The van der Waals surface area contributed by atoms with Gasteiger partial charge in [-0.2, -0.15) is 18.2 Å². The van der Waals surface area contributed by atoms with Gasteiger partial charge in [-0.15, -0.1) is 0 Å². The van der Waals surface area contributed by atoms with Crippen molar-refractivity contribution >= 4 is 12.2 Å². The predicted molar refractivity (Wildman–Crippen MR) is 84.8 cm³/mol. The second-order valence-electron chi connectivity index (χ2n) is 6.03. The molecule has 1 aromatic heterocycles.